The van der Waals surface area contributed by atoms with Crippen LogP contribution in [0.15, 0.2) is 36.4 Å². The Kier molecular flexibility index (Phi) is 2.29. The normalized spacial score (nSPS) is 10.2. The van der Waals surface area contributed by atoms with Gasteiger partial charge in [-0.25, -0.2) is 0 Å². The Hall–Kier alpha value is -2.03. The van der Waals surface area contributed by atoms with Crippen LogP contribution in [0.4, 0.5) is 0 Å². The second-order valence-electron chi connectivity index (χ2n) is 3.21. The summed E-state index contributed by atoms with van der Waals surface area (Å²) in [6.45, 7) is 1.27. The molecule has 2 aromatic rings. The highest BCUT2D eigenvalue weighted by molar-refractivity contribution is 5.91. The van der Waals surface area contributed by atoms with Gasteiger partial charge in [-0.1, -0.05) is 30.3 Å². The molecule has 0 unspecified atom stereocenters. The summed E-state index contributed by atoms with van der Waals surface area (Å²) in [5, 5.41) is 13.2. The molecule has 3 nitrogen and oxygen atoms in total. The number of hydrogen-bond donors (Lipinski definition) is 0. The van der Waals surface area contributed by atoms with Gasteiger partial charge in [-0.05, 0) is 11.5 Å². The lowest BCUT2D eigenvalue weighted by molar-refractivity contribution is -0.132. The van der Waals surface area contributed by atoms with Crippen LogP contribution in [0.1, 0.15) is 6.92 Å². The van der Waals surface area contributed by atoms with Gasteiger partial charge < -0.3 is 4.74 Å². The van der Waals surface area contributed by atoms with Crippen LogP contribution in [-0.4, -0.2) is 5.97 Å². The minimum absolute atomic E-state index is 0.0844. The van der Waals surface area contributed by atoms with E-state index in [2.05, 4.69) is 0 Å². The van der Waals surface area contributed by atoms with Gasteiger partial charge in [-0.2, -0.15) is 0 Å². The van der Waals surface area contributed by atoms with Gasteiger partial charge in [-0.15, -0.1) is 0 Å². The highest BCUT2D eigenvalue weighted by Crippen LogP contribution is 2.34. The molecule has 0 spiro atoms. The SMILES string of the molecule is CC(=O)Oc1ccc2ccccc2c1[O]. The smallest absolute Gasteiger partial charge is 0.308 e. The van der Waals surface area contributed by atoms with Crippen molar-refractivity contribution in [1.29, 1.82) is 0 Å². The van der Waals surface area contributed by atoms with Crippen LogP contribution in [0.3, 0.4) is 0 Å². The number of carbonyl (C=O) groups excluding carboxylic acids is 1. The Balaban J connectivity index is 2.59. The molecule has 0 N–H and O–H groups in total. The zero-order valence-electron chi connectivity index (χ0n) is 8.19. The minimum atomic E-state index is -0.484. The van der Waals surface area contributed by atoms with E-state index in [4.69, 9.17) is 4.74 Å². The molecule has 0 heterocycles. The summed E-state index contributed by atoms with van der Waals surface area (Å²) >= 11 is 0. The molecule has 0 bridgehead atoms. The topological polar surface area (TPSA) is 46.2 Å². The van der Waals surface area contributed by atoms with E-state index in [1.807, 2.05) is 12.1 Å². The van der Waals surface area contributed by atoms with Crippen LogP contribution in [0, 0.1) is 0 Å². The van der Waals surface area contributed by atoms with Crippen molar-refractivity contribution in [2.75, 3.05) is 0 Å². The van der Waals surface area contributed by atoms with Crippen molar-refractivity contribution >= 4 is 16.7 Å². The van der Waals surface area contributed by atoms with E-state index in [0.29, 0.717) is 5.39 Å². The first-order chi connectivity index (χ1) is 7.18. The first-order valence-electron chi connectivity index (χ1n) is 4.55. The number of hydrogen-bond acceptors (Lipinski definition) is 2. The summed E-state index contributed by atoms with van der Waals surface area (Å²) in [7, 11) is 0. The summed E-state index contributed by atoms with van der Waals surface area (Å²) in [6, 6.07) is 10.5. The van der Waals surface area contributed by atoms with Crippen LogP contribution in [-0.2, 0) is 9.90 Å². The molecule has 1 radical (unpaired) electrons. The standard InChI is InChI=1S/C12H9O3/c1-8(13)15-11-7-6-9-4-2-3-5-10(9)12(11)14/h2-7H,1H3. The van der Waals surface area contributed by atoms with E-state index in [1.165, 1.54) is 13.0 Å². The van der Waals surface area contributed by atoms with Crippen molar-refractivity contribution in [1.82, 2.24) is 0 Å². The fourth-order valence-corrected chi connectivity index (χ4v) is 1.46. The fraction of sp³-hybridized carbons (Fsp3) is 0.0833. The third kappa shape index (κ3) is 1.76. The summed E-state index contributed by atoms with van der Waals surface area (Å²) < 4.78 is 4.80. The molecule has 15 heavy (non-hydrogen) atoms. The number of rotatable bonds is 1. The molecular formula is C12H9O3. The third-order valence-electron chi connectivity index (χ3n) is 2.10. The molecule has 2 aromatic carbocycles. The fourth-order valence-electron chi connectivity index (χ4n) is 1.46. The molecule has 3 heteroatoms. The maximum absolute atomic E-state index is 11.8. The number of fused-ring (bicyclic) bond motifs is 1. The van der Waals surface area contributed by atoms with Crippen LogP contribution in [0.2, 0.25) is 0 Å². The van der Waals surface area contributed by atoms with Gasteiger partial charge in [0.1, 0.15) is 0 Å². The lowest BCUT2D eigenvalue weighted by Gasteiger charge is -2.04. The van der Waals surface area contributed by atoms with E-state index >= 15 is 0 Å². The average Bonchev–Trinajstić information content (AvgIpc) is 2.22. The monoisotopic (exact) mass is 201 g/mol. The van der Waals surface area contributed by atoms with Gasteiger partial charge in [0.15, 0.2) is 5.75 Å². The average molecular weight is 201 g/mol. The second-order valence-corrected chi connectivity index (χ2v) is 3.21. The molecule has 2 rings (SSSR count). The summed E-state index contributed by atoms with van der Waals surface area (Å²) in [6.07, 6.45) is 0. The van der Waals surface area contributed by atoms with E-state index in [-0.39, 0.29) is 11.5 Å². The molecule has 0 aliphatic rings. The summed E-state index contributed by atoms with van der Waals surface area (Å²) in [5.74, 6) is -0.646. The molecule has 0 aromatic heterocycles. The van der Waals surface area contributed by atoms with Crippen molar-refractivity contribution in [2.45, 2.75) is 6.92 Å². The van der Waals surface area contributed by atoms with Crippen LogP contribution in [0.25, 0.3) is 10.8 Å². The number of benzene rings is 2. The van der Waals surface area contributed by atoms with Crippen molar-refractivity contribution < 1.29 is 14.6 Å². The summed E-state index contributed by atoms with van der Waals surface area (Å²) in [4.78, 5) is 10.7. The Morgan fingerprint density at radius 2 is 1.87 bits per heavy atom. The predicted octanol–water partition coefficient (Wildman–Crippen LogP) is 2.91. The molecule has 0 aliphatic heterocycles. The van der Waals surface area contributed by atoms with Gasteiger partial charge in [0.25, 0.3) is 0 Å². The molecule has 0 saturated heterocycles. The molecule has 0 fully saturated rings. The van der Waals surface area contributed by atoms with Crippen LogP contribution in [0.5, 0.6) is 11.5 Å². The molecule has 0 saturated carbocycles. The van der Waals surface area contributed by atoms with Gasteiger partial charge in [0.05, 0.1) is 0 Å². The van der Waals surface area contributed by atoms with E-state index in [9.17, 15) is 9.90 Å². The number of esters is 1. The van der Waals surface area contributed by atoms with Crippen molar-refractivity contribution in [3.05, 3.63) is 36.4 Å². The largest absolute Gasteiger partial charge is 0.423 e. The quantitative estimate of drug-likeness (QED) is 0.526. The number of ether oxygens (including phenoxy) is 1. The summed E-state index contributed by atoms with van der Waals surface area (Å²) in [5.41, 5.74) is 0. The zero-order chi connectivity index (χ0) is 10.8. The Labute approximate surface area is 86.9 Å². The molecule has 75 valence electrons. The molecule has 0 atom stereocenters. The Bertz CT molecular complexity index is 517. The Morgan fingerprint density at radius 3 is 2.60 bits per heavy atom. The molecule has 0 aliphatic carbocycles. The first kappa shape index (κ1) is 9.52. The van der Waals surface area contributed by atoms with Gasteiger partial charge >= 0.3 is 5.97 Å². The highest BCUT2D eigenvalue weighted by Gasteiger charge is 2.10. The van der Waals surface area contributed by atoms with Gasteiger partial charge in [0, 0.05) is 12.3 Å². The van der Waals surface area contributed by atoms with Crippen LogP contribution >= 0.6 is 0 Å². The Morgan fingerprint density at radius 1 is 1.13 bits per heavy atom. The zero-order valence-corrected chi connectivity index (χ0v) is 8.19. The minimum Gasteiger partial charge on any atom is -0.423 e. The molecular weight excluding hydrogens is 192 g/mol. The van der Waals surface area contributed by atoms with Crippen molar-refractivity contribution in [3.63, 3.8) is 0 Å². The van der Waals surface area contributed by atoms with Gasteiger partial charge in [0.2, 0.25) is 5.75 Å². The lowest BCUT2D eigenvalue weighted by atomic mass is 10.1. The van der Waals surface area contributed by atoms with E-state index in [0.717, 1.165) is 5.39 Å². The predicted molar refractivity (Wildman–Crippen MR) is 55.4 cm³/mol. The maximum atomic E-state index is 11.8. The first-order valence-corrected chi connectivity index (χ1v) is 4.55. The lowest BCUT2D eigenvalue weighted by Crippen LogP contribution is -2.01. The number of carbonyl (C=O) groups is 1. The van der Waals surface area contributed by atoms with Gasteiger partial charge in [-0.3, -0.25) is 9.90 Å². The highest BCUT2D eigenvalue weighted by atomic mass is 16.5. The third-order valence-corrected chi connectivity index (χ3v) is 2.10. The van der Waals surface area contributed by atoms with Crippen molar-refractivity contribution in [2.24, 2.45) is 0 Å². The molecule has 0 amide bonds. The van der Waals surface area contributed by atoms with E-state index in [1.54, 1.807) is 18.2 Å². The van der Waals surface area contributed by atoms with Crippen LogP contribution < -0.4 is 4.74 Å². The second kappa shape index (κ2) is 3.61. The maximum Gasteiger partial charge on any atom is 0.308 e. The van der Waals surface area contributed by atoms with Crippen molar-refractivity contribution in [3.8, 4) is 11.5 Å². The van der Waals surface area contributed by atoms with E-state index < -0.39 is 5.97 Å².